The first-order valence-corrected chi connectivity index (χ1v) is 19.3. The number of pyridine rings is 1. The highest BCUT2D eigenvalue weighted by molar-refractivity contribution is 7.94. The topological polar surface area (TPSA) is 170 Å². The van der Waals surface area contributed by atoms with Gasteiger partial charge in [-0.3, -0.25) is 9.19 Å². The Morgan fingerprint density at radius 1 is 0.880 bits per heavy atom. The van der Waals surface area contributed by atoms with Crippen LogP contribution in [0, 0.1) is 20.8 Å². The number of ether oxygens (including phenoxy) is 4. The van der Waals surface area contributed by atoms with Crippen molar-refractivity contribution in [1.29, 1.82) is 0 Å². The summed E-state index contributed by atoms with van der Waals surface area (Å²) >= 11 is 0. The van der Waals surface area contributed by atoms with Crippen molar-refractivity contribution in [3.05, 3.63) is 88.7 Å². The highest BCUT2D eigenvalue weighted by atomic mass is 32.2. The Hall–Kier alpha value is -4.80. The molecule has 3 aromatic carbocycles. The summed E-state index contributed by atoms with van der Waals surface area (Å²) in [5, 5.41) is -0.434. The van der Waals surface area contributed by atoms with E-state index in [1.54, 1.807) is 39.1 Å². The number of fused-ring (bicyclic) bond motifs is 1. The first-order valence-electron chi connectivity index (χ1n) is 15.1. The Kier molecular flexibility index (Phi) is 10.4. The van der Waals surface area contributed by atoms with Gasteiger partial charge >= 0.3 is 5.97 Å². The number of sulfone groups is 1. The lowest BCUT2D eigenvalue weighted by Gasteiger charge is -2.19. The van der Waals surface area contributed by atoms with Crippen LogP contribution in [0.2, 0.25) is 0 Å². The molecular weight excluding hydrogens is 707 g/mol. The minimum atomic E-state index is -5.12. The highest BCUT2D eigenvalue weighted by Crippen LogP contribution is 2.40. The van der Waals surface area contributed by atoms with Crippen LogP contribution in [-0.4, -0.2) is 68.9 Å². The summed E-state index contributed by atoms with van der Waals surface area (Å²) in [6.45, 7) is 6.71. The van der Waals surface area contributed by atoms with Crippen molar-refractivity contribution in [2.45, 2.75) is 53.3 Å². The highest BCUT2D eigenvalue weighted by Gasteiger charge is 2.40. The number of methoxy groups -OCH3 is 3. The summed E-state index contributed by atoms with van der Waals surface area (Å²) < 4.78 is 95.6. The monoisotopic (exact) mass is 741 g/mol. The first-order chi connectivity index (χ1) is 23.7. The second-order valence-electron chi connectivity index (χ2n) is 11.1. The van der Waals surface area contributed by atoms with Crippen LogP contribution >= 0.6 is 0 Å². The third-order valence-corrected chi connectivity index (χ3v) is 13.0. The third-order valence-electron chi connectivity index (χ3n) is 7.90. The van der Waals surface area contributed by atoms with Crippen LogP contribution in [-0.2, 0) is 41.1 Å². The van der Waals surface area contributed by atoms with Gasteiger partial charge in [-0.15, -0.1) is 0 Å². The number of rotatable bonds is 12. The zero-order valence-electron chi connectivity index (χ0n) is 28.3. The van der Waals surface area contributed by atoms with Crippen LogP contribution in [0.3, 0.4) is 0 Å². The molecule has 0 N–H and O–H groups in total. The predicted octanol–water partition coefficient (Wildman–Crippen LogP) is 4.94. The lowest BCUT2D eigenvalue weighted by molar-refractivity contribution is 0.0521. The van der Waals surface area contributed by atoms with Gasteiger partial charge in [0, 0.05) is 23.4 Å². The SMILES string of the molecule is CCOC(=O)c1ccc(OC)c(S(=O)(=O)n2c(S(=O)Cc3ncc(C)c(OC)c3C)nc3cc(OC)ccc32)c1S(=O)(=O)c1ccc(C)cc1. The number of benzene rings is 3. The van der Waals surface area contributed by atoms with Crippen molar-refractivity contribution in [2.24, 2.45) is 0 Å². The molecule has 5 rings (SSSR count). The maximum atomic E-state index is 15.1. The van der Waals surface area contributed by atoms with Crippen molar-refractivity contribution in [3.63, 3.8) is 0 Å². The molecule has 0 amide bonds. The molecule has 0 radical (unpaired) electrons. The standard InChI is InChI=1S/C34H35N3O10S3/c1-8-47-33(38)25-14-16-29(45-6)32(31(25)49(40,41)24-12-9-20(2)10-13-24)50(42,43)37-28-15-11-23(44-5)17-26(28)36-34(37)48(39)19-27-22(4)30(46-7)21(3)18-35-27/h9-18H,8,19H2,1-7H3. The first kappa shape index (κ1) is 36.5. The van der Waals surface area contributed by atoms with Gasteiger partial charge < -0.3 is 18.9 Å². The van der Waals surface area contributed by atoms with Crippen molar-refractivity contribution in [1.82, 2.24) is 13.9 Å². The van der Waals surface area contributed by atoms with E-state index in [1.165, 1.54) is 51.5 Å². The predicted molar refractivity (Wildman–Crippen MR) is 185 cm³/mol. The molecule has 13 nitrogen and oxygen atoms in total. The van der Waals surface area contributed by atoms with Crippen molar-refractivity contribution >= 4 is 47.7 Å². The molecule has 0 spiro atoms. The van der Waals surface area contributed by atoms with Gasteiger partial charge in [0.15, 0.2) is 0 Å². The summed E-state index contributed by atoms with van der Waals surface area (Å²) in [5.74, 6) is -0.869. The summed E-state index contributed by atoms with van der Waals surface area (Å²) in [6.07, 6.45) is 1.55. The van der Waals surface area contributed by atoms with Gasteiger partial charge in [-0.05, 0) is 64.1 Å². The molecule has 0 bridgehead atoms. The molecule has 0 fully saturated rings. The van der Waals surface area contributed by atoms with E-state index >= 15 is 8.42 Å². The van der Waals surface area contributed by atoms with Gasteiger partial charge in [0.2, 0.25) is 15.0 Å². The van der Waals surface area contributed by atoms with Crippen LogP contribution < -0.4 is 14.2 Å². The Labute approximate surface area is 292 Å². The molecule has 50 heavy (non-hydrogen) atoms. The van der Waals surface area contributed by atoms with E-state index in [9.17, 15) is 17.4 Å². The minimum Gasteiger partial charge on any atom is -0.497 e. The van der Waals surface area contributed by atoms with Gasteiger partial charge in [0.1, 0.15) is 27.0 Å². The zero-order chi connectivity index (χ0) is 36.5. The lowest BCUT2D eigenvalue weighted by atomic mass is 10.1. The maximum absolute atomic E-state index is 15.1. The largest absolute Gasteiger partial charge is 0.497 e. The van der Waals surface area contributed by atoms with Gasteiger partial charge in [0.05, 0.1) is 71.7 Å². The molecule has 0 saturated carbocycles. The fraction of sp³-hybridized carbons (Fsp3) is 0.265. The van der Waals surface area contributed by atoms with Crippen LogP contribution in [0.1, 0.15) is 39.7 Å². The number of imidazole rings is 1. The number of aryl methyl sites for hydroxylation is 2. The fourth-order valence-electron chi connectivity index (χ4n) is 5.44. The number of hydrogen-bond acceptors (Lipinski definition) is 12. The van der Waals surface area contributed by atoms with E-state index < -0.39 is 62.9 Å². The molecule has 0 aliphatic carbocycles. The van der Waals surface area contributed by atoms with Crippen LogP contribution in [0.5, 0.6) is 17.2 Å². The van der Waals surface area contributed by atoms with Crippen molar-refractivity contribution < 1.29 is 44.8 Å². The molecule has 0 aliphatic heterocycles. The quantitative estimate of drug-likeness (QED) is 0.158. The average Bonchev–Trinajstić information content (AvgIpc) is 3.49. The maximum Gasteiger partial charge on any atom is 0.339 e. The number of carbonyl (C=O) groups is 1. The summed E-state index contributed by atoms with van der Waals surface area (Å²) in [7, 11) is -8.00. The number of carbonyl (C=O) groups excluding carboxylic acids is 1. The Morgan fingerprint density at radius 2 is 1.58 bits per heavy atom. The molecule has 264 valence electrons. The minimum absolute atomic E-state index is 0.0393. The normalized spacial score (nSPS) is 12.5. The molecule has 1 unspecified atom stereocenters. The number of esters is 1. The third kappa shape index (κ3) is 6.45. The number of nitrogens with zero attached hydrogens (tertiary/aromatic N) is 3. The van der Waals surface area contributed by atoms with Gasteiger partial charge in [0.25, 0.3) is 10.0 Å². The lowest BCUT2D eigenvalue weighted by Crippen LogP contribution is -2.23. The van der Waals surface area contributed by atoms with E-state index in [2.05, 4.69) is 9.97 Å². The van der Waals surface area contributed by atoms with E-state index in [4.69, 9.17) is 18.9 Å². The van der Waals surface area contributed by atoms with E-state index in [0.29, 0.717) is 26.7 Å². The number of hydrogen-bond donors (Lipinski definition) is 0. The molecule has 5 aromatic rings. The molecule has 0 saturated heterocycles. The second kappa shape index (κ2) is 14.2. The average molecular weight is 742 g/mol. The van der Waals surface area contributed by atoms with Crippen LogP contribution in [0.4, 0.5) is 0 Å². The van der Waals surface area contributed by atoms with Gasteiger partial charge in [-0.25, -0.2) is 30.6 Å². The molecular formula is C34H35N3O10S3. The second-order valence-corrected chi connectivity index (χ2v) is 16.0. The van der Waals surface area contributed by atoms with Gasteiger partial charge in [-0.2, -0.15) is 0 Å². The molecule has 16 heteroatoms. The summed E-state index contributed by atoms with van der Waals surface area (Å²) in [6, 6.07) is 12.3. The molecule has 1 atom stereocenters. The van der Waals surface area contributed by atoms with Crippen LogP contribution in [0.25, 0.3) is 11.0 Å². The van der Waals surface area contributed by atoms with E-state index in [1.807, 2.05) is 0 Å². The van der Waals surface area contributed by atoms with E-state index in [0.717, 1.165) is 30.4 Å². The number of aromatic nitrogens is 3. The van der Waals surface area contributed by atoms with Crippen molar-refractivity contribution in [3.8, 4) is 17.2 Å². The van der Waals surface area contributed by atoms with Crippen molar-refractivity contribution in [2.75, 3.05) is 27.9 Å². The fourth-order valence-corrected chi connectivity index (χ4v) is 10.9. The van der Waals surface area contributed by atoms with Crippen LogP contribution in [0.15, 0.2) is 80.6 Å². The Balaban J connectivity index is 1.86. The molecule has 0 aliphatic rings. The Morgan fingerprint density at radius 3 is 2.20 bits per heavy atom. The van der Waals surface area contributed by atoms with Gasteiger partial charge in [-0.1, -0.05) is 17.7 Å². The summed E-state index contributed by atoms with van der Waals surface area (Å²) in [4.78, 5) is 20.2. The smallest absolute Gasteiger partial charge is 0.339 e. The molecule has 2 heterocycles. The van der Waals surface area contributed by atoms with E-state index in [-0.39, 0.29) is 28.3 Å². The Bertz CT molecular complexity index is 2370. The molecule has 2 aromatic heterocycles. The zero-order valence-corrected chi connectivity index (χ0v) is 30.8. The summed E-state index contributed by atoms with van der Waals surface area (Å²) in [5.41, 5.74) is 1.97.